The van der Waals surface area contributed by atoms with E-state index in [1.807, 2.05) is 0 Å². The highest BCUT2D eigenvalue weighted by Crippen LogP contribution is 2.38. The maximum Gasteiger partial charge on any atom is 0.284 e. The maximum absolute atomic E-state index is 5.29. The van der Waals surface area contributed by atoms with Gasteiger partial charge in [-0.05, 0) is 31.0 Å². The van der Waals surface area contributed by atoms with Gasteiger partial charge in [-0.25, -0.2) is 5.10 Å². The van der Waals surface area contributed by atoms with E-state index in [1.165, 1.54) is 19.3 Å². The molecule has 66 valence electrons. The predicted octanol–water partition coefficient (Wildman–Crippen LogP) is 2.64. The third kappa shape index (κ3) is 1.31. The molecule has 0 aromatic carbocycles. The largest absolute Gasteiger partial charge is 0.414 e. The van der Waals surface area contributed by atoms with Gasteiger partial charge in [0.2, 0.25) is 5.89 Å². The number of aromatic amines is 1. The normalized spacial score (nSPS) is 29.4. The van der Waals surface area contributed by atoms with Gasteiger partial charge in [-0.3, -0.25) is 0 Å². The summed E-state index contributed by atoms with van der Waals surface area (Å²) in [5.41, 5.74) is 0. The second-order valence-electron chi connectivity index (χ2n) is 3.47. The molecule has 12 heavy (non-hydrogen) atoms. The first kappa shape index (κ1) is 7.98. The molecule has 0 bridgehead atoms. The molecule has 4 heteroatoms. The molecule has 1 heterocycles. The van der Waals surface area contributed by atoms with Crippen molar-refractivity contribution in [1.82, 2.24) is 10.2 Å². The Morgan fingerprint density at radius 3 is 2.92 bits per heavy atom. The van der Waals surface area contributed by atoms with Gasteiger partial charge in [0.25, 0.3) is 4.84 Å². The van der Waals surface area contributed by atoms with E-state index < -0.39 is 0 Å². The maximum atomic E-state index is 5.29. The highest BCUT2D eigenvalue weighted by molar-refractivity contribution is 7.71. The van der Waals surface area contributed by atoms with Crippen LogP contribution in [0.3, 0.4) is 0 Å². The number of hydrogen-bond acceptors (Lipinski definition) is 3. The van der Waals surface area contributed by atoms with Crippen LogP contribution in [-0.2, 0) is 0 Å². The molecular weight excluding hydrogens is 172 g/mol. The van der Waals surface area contributed by atoms with Gasteiger partial charge in [-0.15, -0.1) is 5.10 Å². The van der Waals surface area contributed by atoms with Crippen molar-refractivity contribution in [2.45, 2.75) is 32.1 Å². The third-order valence-corrected chi connectivity index (χ3v) is 2.81. The average Bonchev–Trinajstić information content (AvgIpc) is 2.58. The van der Waals surface area contributed by atoms with Gasteiger partial charge in [0.15, 0.2) is 0 Å². The fourth-order valence-electron chi connectivity index (χ4n) is 1.91. The van der Waals surface area contributed by atoms with Gasteiger partial charge in [0.05, 0.1) is 0 Å². The topological polar surface area (TPSA) is 41.8 Å². The molecule has 1 saturated carbocycles. The van der Waals surface area contributed by atoms with Crippen LogP contribution in [0.2, 0.25) is 0 Å². The van der Waals surface area contributed by atoms with Crippen molar-refractivity contribution in [1.29, 1.82) is 0 Å². The van der Waals surface area contributed by atoms with E-state index in [0.29, 0.717) is 16.7 Å². The highest BCUT2D eigenvalue weighted by Gasteiger charge is 2.28. The smallest absolute Gasteiger partial charge is 0.284 e. The van der Waals surface area contributed by atoms with Crippen molar-refractivity contribution < 1.29 is 4.42 Å². The Morgan fingerprint density at radius 2 is 2.42 bits per heavy atom. The van der Waals surface area contributed by atoms with E-state index in [0.717, 1.165) is 5.89 Å². The minimum atomic E-state index is 0.393. The molecule has 1 aromatic rings. The fourth-order valence-corrected chi connectivity index (χ4v) is 2.04. The van der Waals surface area contributed by atoms with Crippen molar-refractivity contribution in [2.24, 2.45) is 5.92 Å². The fraction of sp³-hybridized carbons (Fsp3) is 0.750. The molecule has 1 aliphatic carbocycles. The molecule has 1 N–H and O–H groups in total. The molecule has 1 aromatic heterocycles. The van der Waals surface area contributed by atoms with E-state index in [1.54, 1.807) is 0 Å². The van der Waals surface area contributed by atoms with Gasteiger partial charge in [-0.2, -0.15) is 0 Å². The zero-order valence-corrected chi connectivity index (χ0v) is 7.86. The van der Waals surface area contributed by atoms with Crippen molar-refractivity contribution in [3.8, 4) is 0 Å². The molecule has 0 aliphatic heterocycles. The summed E-state index contributed by atoms with van der Waals surface area (Å²) in [5.74, 6) is 1.97. The van der Waals surface area contributed by atoms with Crippen LogP contribution in [0.5, 0.6) is 0 Å². The Hall–Kier alpha value is -0.640. The molecule has 0 spiro atoms. The number of nitrogens with zero attached hydrogens (tertiary/aromatic N) is 1. The van der Waals surface area contributed by atoms with Crippen LogP contribution >= 0.6 is 12.2 Å². The predicted molar refractivity (Wildman–Crippen MR) is 47.4 cm³/mol. The van der Waals surface area contributed by atoms with Gasteiger partial charge in [0.1, 0.15) is 0 Å². The molecule has 1 fully saturated rings. The van der Waals surface area contributed by atoms with E-state index in [2.05, 4.69) is 17.1 Å². The Bertz CT molecular complexity index is 317. The number of nitrogens with one attached hydrogen (secondary N) is 1. The summed E-state index contributed by atoms with van der Waals surface area (Å²) in [4.78, 5) is 0.393. The molecule has 3 nitrogen and oxygen atoms in total. The molecule has 1 aliphatic rings. The van der Waals surface area contributed by atoms with Crippen molar-refractivity contribution in [2.75, 3.05) is 0 Å². The van der Waals surface area contributed by atoms with Gasteiger partial charge in [0, 0.05) is 5.92 Å². The Morgan fingerprint density at radius 1 is 1.58 bits per heavy atom. The minimum absolute atomic E-state index is 0.393. The molecule has 2 unspecified atom stereocenters. The molecule has 2 atom stereocenters. The van der Waals surface area contributed by atoms with Crippen molar-refractivity contribution in [3.63, 3.8) is 0 Å². The summed E-state index contributed by atoms with van der Waals surface area (Å²) in [5, 5.41) is 6.72. The molecule has 0 saturated heterocycles. The Labute approximate surface area is 76.2 Å². The van der Waals surface area contributed by atoms with Crippen LogP contribution in [0.15, 0.2) is 4.42 Å². The number of aromatic nitrogens is 2. The Balaban J connectivity index is 2.24. The van der Waals surface area contributed by atoms with E-state index in [-0.39, 0.29) is 0 Å². The van der Waals surface area contributed by atoms with Gasteiger partial charge < -0.3 is 4.42 Å². The monoisotopic (exact) mass is 184 g/mol. The van der Waals surface area contributed by atoms with Crippen LogP contribution in [0.1, 0.15) is 38.0 Å². The van der Waals surface area contributed by atoms with Gasteiger partial charge in [-0.1, -0.05) is 13.3 Å². The standard InChI is InChI=1S/C8H12N2OS/c1-5-3-2-4-6(5)7-9-10-8(12)11-7/h5-6H,2-4H2,1H3,(H,10,12). The lowest BCUT2D eigenvalue weighted by molar-refractivity contribution is 0.394. The number of rotatable bonds is 1. The molecule has 0 radical (unpaired) electrons. The summed E-state index contributed by atoms with van der Waals surface area (Å²) in [6, 6.07) is 0. The van der Waals surface area contributed by atoms with Crippen LogP contribution in [0.4, 0.5) is 0 Å². The first-order valence-corrected chi connectivity index (χ1v) is 4.73. The quantitative estimate of drug-likeness (QED) is 0.682. The Kier molecular flexibility index (Phi) is 2.00. The summed E-state index contributed by atoms with van der Waals surface area (Å²) >= 11 is 4.82. The zero-order chi connectivity index (χ0) is 8.55. The van der Waals surface area contributed by atoms with Crippen LogP contribution in [0.25, 0.3) is 0 Å². The minimum Gasteiger partial charge on any atom is -0.414 e. The second-order valence-corrected chi connectivity index (χ2v) is 3.84. The number of H-pyrrole nitrogens is 1. The van der Waals surface area contributed by atoms with Gasteiger partial charge >= 0.3 is 0 Å². The van der Waals surface area contributed by atoms with Crippen LogP contribution in [-0.4, -0.2) is 10.2 Å². The van der Waals surface area contributed by atoms with Crippen LogP contribution < -0.4 is 0 Å². The summed E-state index contributed by atoms with van der Waals surface area (Å²) in [6.07, 6.45) is 3.74. The zero-order valence-electron chi connectivity index (χ0n) is 7.04. The van der Waals surface area contributed by atoms with E-state index in [4.69, 9.17) is 16.6 Å². The first-order chi connectivity index (χ1) is 5.77. The van der Waals surface area contributed by atoms with Crippen molar-refractivity contribution in [3.05, 3.63) is 10.7 Å². The lowest BCUT2D eigenvalue weighted by Gasteiger charge is -2.08. The molecule has 2 rings (SSSR count). The highest BCUT2D eigenvalue weighted by atomic mass is 32.1. The van der Waals surface area contributed by atoms with Crippen molar-refractivity contribution >= 4 is 12.2 Å². The van der Waals surface area contributed by atoms with Crippen LogP contribution in [0, 0.1) is 10.8 Å². The summed E-state index contributed by atoms with van der Waals surface area (Å²) in [6.45, 7) is 2.24. The third-order valence-electron chi connectivity index (χ3n) is 2.63. The van der Waals surface area contributed by atoms with E-state index in [9.17, 15) is 0 Å². The summed E-state index contributed by atoms with van der Waals surface area (Å²) < 4.78 is 5.29. The van der Waals surface area contributed by atoms with E-state index >= 15 is 0 Å². The lowest BCUT2D eigenvalue weighted by Crippen LogP contribution is -2.01. The first-order valence-electron chi connectivity index (χ1n) is 4.33. The molecular formula is C8H12N2OS. The SMILES string of the molecule is CC1CCCC1c1n[nH]c(=S)o1. The second kappa shape index (κ2) is 3.01. The lowest BCUT2D eigenvalue weighted by atomic mass is 9.98. The summed E-state index contributed by atoms with van der Waals surface area (Å²) in [7, 11) is 0. The average molecular weight is 184 g/mol. The molecule has 0 amide bonds. The number of hydrogen-bond donors (Lipinski definition) is 1.